The molecule has 3 heterocycles. The summed E-state index contributed by atoms with van der Waals surface area (Å²) in [4.78, 5) is 15.2. The highest BCUT2D eigenvalue weighted by Crippen LogP contribution is 2.29. The Hall–Kier alpha value is -2.21. The molecule has 1 unspecified atom stereocenters. The number of benzene rings is 1. The van der Waals surface area contributed by atoms with Gasteiger partial charge in [-0.2, -0.15) is 0 Å². The highest BCUT2D eigenvalue weighted by atomic mass is 16.2. The average molecular weight is 410 g/mol. The van der Waals surface area contributed by atoms with E-state index in [2.05, 4.69) is 64.0 Å². The summed E-state index contributed by atoms with van der Waals surface area (Å²) in [6.07, 6.45) is 6.97. The van der Waals surface area contributed by atoms with Gasteiger partial charge in [0.15, 0.2) is 0 Å². The molecule has 1 saturated heterocycles. The Kier molecular flexibility index (Phi) is 6.52. The molecule has 2 aliphatic rings. The SMILES string of the molecule is Cc1cccc(C(C)C)c1NC(=O)CN1CCCC(c2nnc3n2CCCCC3)C1. The standard InChI is InChI=1S/C24H35N5O/c1-17(2)20-11-7-9-18(3)23(20)25-22(30)16-28-13-8-10-19(15-28)24-27-26-21-12-5-4-6-14-29(21)24/h7,9,11,17,19H,4-6,8,10,12-16H2,1-3H3,(H,25,30). The number of piperidine rings is 1. The van der Waals surface area contributed by atoms with Crippen LogP contribution in [0.5, 0.6) is 0 Å². The molecule has 1 aromatic heterocycles. The number of amides is 1. The van der Waals surface area contributed by atoms with Crippen LogP contribution in [0.2, 0.25) is 0 Å². The van der Waals surface area contributed by atoms with Crippen molar-refractivity contribution >= 4 is 11.6 Å². The number of carbonyl (C=O) groups is 1. The first-order valence-electron chi connectivity index (χ1n) is 11.6. The lowest BCUT2D eigenvalue weighted by atomic mass is 9.96. The number of aromatic nitrogens is 3. The van der Waals surface area contributed by atoms with Gasteiger partial charge in [0, 0.05) is 31.1 Å². The molecule has 0 spiro atoms. The fraction of sp³-hybridized carbons (Fsp3) is 0.625. The van der Waals surface area contributed by atoms with Crippen LogP contribution in [-0.2, 0) is 17.8 Å². The van der Waals surface area contributed by atoms with Crippen LogP contribution >= 0.6 is 0 Å². The van der Waals surface area contributed by atoms with E-state index >= 15 is 0 Å². The summed E-state index contributed by atoms with van der Waals surface area (Å²) in [7, 11) is 0. The van der Waals surface area contributed by atoms with Gasteiger partial charge in [0.05, 0.1) is 6.54 Å². The Morgan fingerprint density at radius 2 is 2.03 bits per heavy atom. The first-order chi connectivity index (χ1) is 14.5. The molecule has 0 bridgehead atoms. The third-order valence-electron chi connectivity index (χ3n) is 6.57. The summed E-state index contributed by atoms with van der Waals surface area (Å²) in [5.41, 5.74) is 3.30. The van der Waals surface area contributed by atoms with Crippen molar-refractivity contribution in [2.75, 3.05) is 25.0 Å². The quantitative estimate of drug-likeness (QED) is 0.802. The van der Waals surface area contributed by atoms with E-state index in [1.807, 2.05) is 0 Å². The van der Waals surface area contributed by atoms with Crippen molar-refractivity contribution in [3.63, 3.8) is 0 Å². The molecule has 1 aromatic carbocycles. The number of likely N-dealkylation sites (tertiary alicyclic amines) is 1. The van der Waals surface area contributed by atoms with Crippen molar-refractivity contribution < 1.29 is 4.79 Å². The summed E-state index contributed by atoms with van der Waals surface area (Å²) in [6, 6.07) is 6.24. The Labute approximate surface area is 180 Å². The van der Waals surface area contributed by atoms with E-state index in [1.165, 1.54) is 24.8 Å². The van der Waals surface area contributed by atoms with Gasteiger partial charge in [0.2, 0.25) is 5.91 Å². The van der Waals surface area contributed by atoms with E-state index in [9.17, 15) is 4.79 Å². The number of hydrogen-bond donors (Lipinski definition) is 1. The molecule has 2 aliphatic heterocycles. The van der Waals surface area contributed by atoms with Crippen LogP contribution in [0.25, 0.3) is 0 Å². The Morgan fingerprint density at radius 1 is 1.17 bits per heavy atom. The van der Waals surface area contributed by atoms with Crippen molar-refractivity contribution in [2.45, 2.75) is 77.7 Å². The van der Waals surface area contributed by atoms with Crippen LogP contribution in [0.4, 0.5) is 5.69 Å². The van der Waals surface area contributed by atoms with Gasteiger partial charge in [0.25, 0.3) is 0 Å². The minimum atomic E-state index is 0.0759. The number of fused-ring (bicyclic) bond motifs is 1. The summed E-state index contributed by atoms with van der Waals surface area (Å²) in [5, 5.41) is 12.3. The van der Waals surface area contributed by atoms with Gasteiger partial charge in [-0.15, -0.1) is 10.2 Å². The Morgan fingerprint density at radius 3 is 2.87 bits per heavy atom. The van der Waals surface area contributed by atoms with Gasteiger partial charge in [-0.1, -0.05) is 38.5 Å². The van der Waals surface area contributed by atoms with Crippen LogP contribution in [0.3, 0.4) is 0 Å². The first-order valence-corrected chi connectivity index (χ1v) is 11.6. The fourth-order valence-corrected chi connectivity index (χ4v) is 4.94. The summed E-state index contributed by atoms with van der Waals surface area (Å²) >= 11 is 0. The second kappa shape index (κ2) is 9.29. The largest absolute Gasteiger partial charge is 0.324 e. The summed E-state index contributed by atoms with van der Waals surface area (Å²) < 4.78 is 2.36. The van der Waals surface area contributed by atoms with E-state index < -0.39 is 0 Å². The molecule has 1 fully saturated rings. The van der Waals surface area contributed by atoms with Gasteiger partial charge in [0.1, 0.15) is 11.6 Å². The second-order valence-electron chi connectivity index (χ2n) is 9.25. The van der Waals surface area contributed by atoms with Gasteiger partial charge in [-0.25, -0.2) is 0 Å². The molecular formula is C24H35N5O. The number of aryl methyl sites for hydroxylation is 2. The van der Waals surface area contributed by atoms with E-state index in [0.29, 0.717) is 18.4 Å². The molecule has 4 rings (SSSR count). The van der Waals surface area contributed by atoms with Gasteiger partial charge in [-0.05, 0) is 56.2 Å². The summed E-state index contributed by atoms with van der Waals surface area (Å²) in [5.74, 6) is 3.11. The lowest BCUT2D eigenvalue weighted by molar-refractivity contribution is -0.117. The number of nitrogens with zero attached hydrogens (tertiary/aromatic N) is 4. The zero-order valence-corrected chi connectivity index (χ0v) is 18.7. The van der Waals surface area contributed by atoms with Crippen LogP contribution < -0.4 is 5.32 Å². The average Bonchev–Trinajstić information content (AvgIpc) is 2.98. The van der Waals surface area contributed by atoms with Crippen molar-refractivity contribution in [3.8, 4) is 0 Å². The maximum absolute atomic E-state index is 12.9. The zero-order valence-electron chi connectivity index (χ0n) is 18.7. The Balaban J connectivity index is 1.42. The number of nitrogens with one attached hydrogen (secondary N) is 1. The first kappa shape index (κ1) is 21.0. The second-order valence-corrected chi connectivity index (χ2v) is 9.25. The molecule has 0 radical (unpaired) electrons. The van der Waals surface area contributed by atoms with Gasteiger partial charge < -0.3 is 9.88 Å². The van der Waals surface area contributed by atoms with Crippen LogP contribution in [0, 0.1) is 6.92 Å². The molecule has 6 heteroatoms. The van der Waals surface area contributed by atoms with Crippen molar-refractivity contribution in [3.05, 3.63) is 41.0 Å². The Bertz CT molecular complexity index is 888. The zero-order chi connectivity index (χ0) is 21.1. The molecule has 0 saturated carbocycles. The van der Waals surface area contributed by atoms with E-state index in [1.54, 1.807) is 0 Å². The lowest BCUT2D eigenvalue weighted by Gasteiger charge is -2.32. The molecule has 162 valence electrons. The third kappa shape index (κ3) is 4.59. The smallest absolute Gasteiger partial charge is 0.238 e. The predicted octanol–water partition coefficient (Wildman–Crippen LogP) is 4.25. The van der Waals surface area contributed by atoms with E-state index in [0.717, 1.165) is 61.8 Å². The molecular weight excluding hydrogens is 374 g/mol. The molecule has 2 aromatic rings. The maximum Gasteiger partial charge on any atom is 0.238 e. The van der Waals surface area contributed by atoms with Crippen LogP contribution in [0.1, 0.15) is 80.6 Å². The van der Waals surface area contributed by atoms with Crippen molar-refractivity contribution in [1.29, 1.82) is 0 Å². The highest BCUT2D eigenvalue weighted by molar-refractivity contribution is 5.94. The third-order valence-corrected chi connectivity index (χ3v) is 6.57. The molecule has 6 nitrogen and oxygen atoms in total. The molecule has 30 heavy (non-hydrogen) atoms. The molecule has 1 amide bonds. The highest BCUT2D eigenvalue weighted by Gasteiger charge is 2.28. The van der Waals surface area contributed by atoms with E-state index in [4.69, 9.17) is 0 Å². The molecule has 1 atom stereocenters. The summed E-state index contributed by atoms with van der Waals surface area (Å²) in [6.45, 7) is 9.73. The molecule has 1 N–H and O–H groups in total. The van der Waals surface area contributed by atoms with Crippen LogP contribution in [0.15, 0.2) is 18.2 Å². The number of rotatable bonds is 5. The predicted molar refractivity (Wildman–Crippen MR) is 120 cm³/mol. The lowest BCUT2D eigenvalue weighted by Crippen LogP contribution is -2.40. The van der Waals surface area contributed by atoms with Gasteiger partial charge in [-0.3, -0.25) is 9.69 Å². The minimum Gasteiger partial charge on any atom is -0.324 e. The van der Waals surface area contributed by atoms with Gasteiger partial charge >= 0.3 is 0 Å². The monoisotopic (exact) mass is 409 g/mol. The molecule has 0 aliphatic carbocycles. The van der Waals surface area contributed by atoms with Crippen LogP contribution in [-0.4, -0.2) is 45.2 Å². The van der Waals surface area contributed by atoms with Crippen molar-refractivity contribution in [1.82, 2.24) is 19.7 Å². The minimum absolute atomic E-state index is 0.0759. The number of anilines is 1. The number of hydrogen-bond acceptors (Lipinski definition) is 4. The van der Waals surface area contributed by atoms with E-state index in [-0.39, 0.29) is 5.91 Å². The normalized spacial score (nSPS) is 20.1. The number of para-hydroxylation sites is 1. The number of carbonyl (C=O) groups excluding carboxylic acids is 1. The topological polar surface area (TPSA) is 63.1 Å². The maximum atomic E-state index is 12.9. The van der Waals surface area contributed by atoms with Crippen molar-refractivity contribution in [2.24, 2.45) is 0 Å². The fourth-order valence-electron chi connectivity index (χ4n) is 4.94.